The molecule has 2 aromatic heterocycles. The lowest BCUT2D eigenvalue weighted by Crippen LogP contribution is -2.50. The Hall–Kier alpha value is -3.09. The highest BCUT2D eigenvalue weighted by Gasteiger charge is 2.56. The smallest absolute Gasteiger partial charge is 0.425 e. The first-order valence-electron chi connectivity index (χ1n) is 8.39. The fourth-order valence-corrected chi connectivity index (χ4v) is 2.93. The van der Waals surface area contributed by atoms with Crippen LogP contribution in [-0.4, -0.2) is 40.6 Å². The van der Waals surface area contributed by atoms with Crippen LogP contribution < -0.4 is 11.1 Å². The van der Waals surface area contributed by atoms with Crippen molar-refractivity contribution in [1.29, 1.82) is 0 Å². The molecule has 7 nitrogen and oxygen atoms in total. The van der Waals surface area contributed by atoms with E-state index in [0.717, 1.165) is 6.07 Å². The molecule has 14 heteroatoms. The molecule has 2 aromatic rings. The van der Waals surface area contributed by atoms with Gasteiger partial charge in [0, 0.05) is 12.6 Å². The molecule has 0 spiro atoms. The van der Waals surface area contributed by atoms with Crippen molar-refractivity contribution in [2.45, 2.75) is 30.7 Å². The van der Waals surface area contributed by atoms with Gasteiger partial charge in [0.1, 0.15) is 23.0 Å². The minimum Gasteiger partial charge on any atom is -0.452 e. The molecule has 0 saturated carbocycles. The Balaban J connectivity index is 2.01. The number of alkyl halides is 5. The van der Waals surface area contributed by atoms with Gasteiger partial charge in [-0.1, -0.05) is 11.6 Å². The van der Waals surface area contributed by atoms with E-state index >= 15 is 0 Å². The summed E-state index contributed by atoms with van der Waals surface area (Å²) >= 11 is 5.67. The first-order chi connectivity index (χ1) is 14.4. The summed E-state index contributed by atoms with van der Waals surface area (Å²) in [6.07, 6.45) is -11.8. The Morgan fingerprint density at radius 1 is 1.29 bits per heavy atom. The summed E-state index contributed by atoms with van der Waals surface area (Å²) in [4.78, 5) is 22.9. The third kappa shape index (κ3) is 4.65. The Labute approximate surface area is 175 Å². The number of hydrogen-bond acceptors (Lipinski definition) is 6. The molecule has 0 fully saturated rings. The molecule has 1 aliphatic heterocycles. The zero-order valence-electron chi connectivity index (χ0n) is 15.1. The number of aromatic nitrogens is 2. The molecule has 31 heavy (non-hydrogen) atoms. The van der Waals surface area contributed by atoms with E-state index in [0.29, 0.717) is 6.07 Å². The molecule has 166 valence electrons. The number of rotatable bonds is 4. The van der Waals surface area contributed by atoms with Crippen LogP contribution in [0.25, 0.3) is 0 Å². The molecular weight excluding hydrogens is 456 g/mol. The number of ether oxygens (including phenoxy) is 1. The van der Waals surface area contributed by atoms with E-state index < -0.39 is 59.9 Å². The van der Waals surface area contributed by atoms with Crippen LogP contribution in [0.15, 0.2) is 35.5 Å². The number of amidine groups is 1. The number of nitrogens with zero attached hydrogens (tertiary/aromatic N) is 3. The summed E-state index contributed by atoms with van der Waals surface area (Å²) in [5, 5.41) is 2.44. The first-order valence-corrected chi connectivity index (χ1v) is 8.77. The van der Waals surface area contributed by atoms with Gasteiger partial charge in [-0.05, 0) is 24.3 Å². The first kappa shape index (κ1) is 22.6. The van der Waals surface area contributed by atoms with Gasteiger partial charge in [0.25, 0.3) is 18.4 Å². The number of nitrogens with two attached hydrogens (primary N) is 1. The lowest BCUT2D eigenvalue weighted by atomic mass is 9.87. The van der Waals surface area contributed by atoms with Gasteiger partial charge < -0.3 is 15.8 Å². The number of amides is 1. The summed E-state index contributed by atoms with van der Waals surface area (Å²) in [6.45, 7) is 0. The average molecular weight is 468 g/mol. The van der Waals surface area contributed by atoms with Crippen LogP contribution in [-0.2, 0) is 10.3 Å². The number of aliphatic imine (C=N–C) groups is 1. The molecule has 0 unspecified atom stereocenters. The highest BCUT2D eigenvalue weighted by Crippen LogP contribution is 2.44. The molecule has 0 radical (unpaired) electrons. The summed E-state index contributed by atoms with van der Waals surface area (Å²) in [5.74, 6) is -2.65. The van der Waals surface area contributed by atoms with Crippen LogP contribution in [0, 0.1) is 5.82 Å². The van der Waals surface area contributed by atoms with Gasteiger partial charge in [-0.25, -0.2) is 28.1 Å². The fourth-order valence-electron chi connectivity index (χ4n) is 2.82. The maximum Gasteiger partial charge on any atom is 0.425 e. The number of halogens is 7. The third-order valence-electron chi connectivity index (χ3n) is 4.25. The second-order valence-electron chi connectivity index (χ2n) is 6.37. The van der Waals surface area contributed by atoms with Crippen LogP contribution in [0.5, 0.6) is 0 Å². The van der Waals surface area contributed by atoms with Crippen molar-refractivity contribution in [3.05, 3.63) is 52.7 Å². The van der Waals surface area contributed by atoms with Crippen molar-refractivity contribution in [2.24, 2.45) is 10.7 Å². The Kier molecular flexibility index (Phi) is 5.98. The molecule has 2 atom stereocenters. The summed E-state index contributed by atoms with van der Waals surface area (Å²) in [5.41, 5.74) is 0.826. The maximum absolute atomic E-state index is 14.4. The van der Waals surface area contributed by atoms with Crippen LogP contribution in [0.1, 0.15) is 22.6 Å². The topological polar surface area (TPSA) is 102 Å². The van der Waals surface area contributed by atoms with E-state index in [2.05, 4.69) is 25.0 Å². The molecular formula is C17H12ClF6N5O2. The van der Waals surface area contributed by atoms with Gasteiger partial charge in [0.15, 0.2) is 11.6 Å². The quantitative estimate of drug-likeness (QED) is 0.668. The van der Waals surface area contributed by atoms with Crippen LogP contribution in [0.3, 0.4) is 0 Å². The fraction of sp³-hybridized carbons (Fsp3) is 0.294. The van der Waals surface area contributed by atoms with E-state index in [4.69, 9.17) is 17.3 Å². The molecule has 0 aromatic carbocycles. The van der Waals surface area contributed by atoms with Gasteiger partial charge in [-0.2, -0.15) is 13.2 Å². The summed E-state index contributed by atoms with van der Waals surface area (Å²) in [6, 6.07) is 2.99. The molecule has 0 saturated heterocycles. The zero-order chi connectivity index (χ0) is 23.0. The minimum absolute atomic E-state index is 0.133. The van der Waals surface area contributed by atoms with Gasteiger partial charge in [0.05, 0.1) is 5.02 Å². The molecule has 1 amide bonds. The van der Waals surface area contributed by atoms with Gasteiger partial charge in [-0.3, -0.25) is 4.79 Å². The molecule has 0 aliphatic carbocycles. The van der Waals surface area contributed by atoms with Crippen LogP contribution in [0.4, 0.5) is 32.2 Å². The molecule has 1 aliphatic rings. The monoisotopic (exact) mass is 467 g/mol. The number of pyridine rings is 2. The maximum atomic E-state index is 14.4. The third-order valence-corrected chi connectivity index (χ3v) is 4.48. The standard InChI is InChI=1S/C17H12ClF6N5O2/c18-7-1-3-9(26-6-7)13(30)28-11-4-2-8(19)12(27-11)16(14(20)21)5-10(17(22,23)24)31-15(25)29-16/h1-4,6,10,14H,5H2,(H2,25,29)(H,27,28,30)/t10-,16+/m0/s1. The predicted octanol–water partition coefficient (Wildman–Crippen LogP) is 3.65. The Morgan fingerprint density at radius 2 is 2.00 bits per heavy atom. The lowest BCUT2D eigenvalue weighted by molar-refractivity contribution is -0.213. The van der Waals surface area contributed by atoms with Crippen molar-refractivity contribution < 1.29 is 35.9 Å². The summed E-state index contributed by atoms with van der Waals surface area (Å²) in [7, 11) is 0. The van der Waals surface area contributed by atoms with E-state index in [1.54, 1.807) is 0 Å². The van der Waals surface area contributed by atoms with Crippen molar-refractivity contribution in [1.82, 2.24) is 9.97 Å². The van der Waals surface area contributed by atoms with Crippen molar-refractivity contribution in [3.8, 4) is 0 Å². The average Bonchev–Trinajstić information content (AvgIpc) is 2.68. The summed E-state index contributed by atoms with van der Waals surface area (Å²) < 4.78 is 86.1. The molecule has 3 heterocycles. The van der Waals surface area contributed by atoms with Crippen molar-refractivity contribution in [3.63, 3.8) is 0 Å². The van der Waals surface area contributed by atoms with E-state index in [-0.39, 0.29) is 10.7 Å². The SMILES string of the molecule is NC1=N[C@](c2nc(NC(=O)c3ccc(Cl)cn3)ccc2F)(C(F)F)C[C@@H](C(F)(F)F)O1. The van der Waals surface area contributed by atoms with E-state index in [9.17, 15) is 31.1 Å². The number of anilines is 1. The van der Waals surface area contributed by atoms with Crippen LogP contribution in [0.2, 0.25) is 5.02 Å². The Bertz CT molecular complexity index is 1020. The van der Waals surface area contributed by atoms with Crippen molar-refractivity contribution in [2.75, 3.05) is 5.32 Å². The van der Waals surface area contributed by atoms with E-state index in [1.807, 2.05) is 0 Å². The number of carbonyl (C=O) groups excluding carboxylic acids is 1. The second kappa shape index (κ2) is 8.21. The van der Waals surface area contributed by atoms with Gasteiger partial charge >= 0.3 is 6.18 Å². The van der Waals surface area contributed by atoms with Crippen molar-refractivity contribution >= 4 is 29.3 Å². The second-order valence-corrected chi connectivity index (χ2v) is 6.81. The number of hydrogen-bond donors (Lipinski definition) is 2. The zero-order valence-corrected chi connectivity index (χ0v) is 15.9. The highest BCUT2D eigenvalue weighted by atomic mass is 35.5. The lowest BCUT2D eigenvalue weighted by Gasteiger charge is -2.37. The molecule has 3 N–H and O–H groups in total. The Morgan fingerprint density at radius 3 is 2.58 bits per heavy atom. The molecule has 3 rings (SSSR count). The highest BCUT2D eigenvalue weighted by molar-refractivity contribution is 6.30. The van der Waals surface area contributed by atoms with Gasteiger partial charge in [-0.15, -0.1) is 0 Å². The largest absolute Gasteiger partial charge is 0.452 e. The normalized spacial score (nSPS) is 21.4. The van der Waals surface area contributed by atoms with Crippen LogP contribution >= 0.6 is 11.6 Å². The molecule has 0 bridgehead atoms. The van der Waals surface area contributed by atoms with Gasteiger partial charge in [0.2, 0.25) is 0 Å². The number of carbonyl (C=O) groups is 1. The predicted molar refractivity (Wildman–Crippen MR) is 96.2 cm³/mol. The van der Waals surface area contributed by atoms with E-state index in [1.165, 1.54) is 18.3 Å². The minimum atomic E-state index is -5.08. The number of nitrogens with one attached hydrogen (secondary N) is 1.